The minimum Gasteiger partial charge on any atom is -0.266 e. The summed E-state index contributed by atoms with van der Waals surface area (Å²) in [5.41, 5.74) is -9.30. The topological polar surface area (TPSA) is 80.8 Å². The van der Waals surface area contributed by atoms with E-state index in [2.05, 4.69) is 4.28 Å². The van der Waals surface area contributed by atoms with Crippen molar-refractivity contribution in [3.8, 4) is 0 Å². The summed E-state index contributed by atoms with van der Waals surface area (Å²) in [6.45, 7) is 0. The van der Waals surface area contributed by atoms with Crippen molar-refractivity contribution < 1.29 is 61.8 Å². The van der Waals surface area contributed by atoms with Crippen LogP contribution in [0, 0.1) is 0 Å². The van der Waals surface area contributed by atoms with Crippen molar-refractivity contribution in [2.45, 2.75) is 23.4 Å². The maximum absolute atomic E-state index is 13.4. The maximum atomic E-state index is 13.4. The predicted octanol–water partition coefficient (Wildman–Crippen LogP) is 4.66. The molecule has 0 radical (unpaired) electrons. The number of hydrogen-bond acceptors (Lipinski definition) is 5. The number of hydroxylamine groups is 2. The van der Waals surface area contributed by atoms with Crippen molar-refractivity contribution in [1.29, 1.82) is 0 Å². The van der Waals surface area contributed by atoms with Crippen LogP contribution in [0.5, 0.6) is 0 Å². The molecule has 1 aliphatic rings. The lowest BCUT2D eigenvalue weighted by atomic mass is 10.0. The first kappa shape index (κ1) is 24.5. The zero-order valence-corrected chi connectivity index (χ0v) is 16.1. The summed E-state index contributed by atoms with van der Waals surface area (Å²) >= 11 is 0. The van der Waals surface area contributed by atoms with Gasteiger partial charge in [0.2, 0.25) is 0 Å². The third-order valence-corrected chi connectivity index (χ3v) is 5.42. The first-order valence-electron chi connectivity index (χ1n) is 8.18. The standard InChI is InChI=1S/C17H6F9NO5S/c18-15(19,20)7-5-10(16(21,22)23)12(17(24,25)26)11(6-7)33(30,31)32-27-13(28)8-3-1-2-4-9(8)14(27)29/h1-6H. The summed E-state index contributed by atoms with van der Waals surface area (Å²) in [4.78, 5) is 21.8. The Morgan fingerprint density at radius 2 is 1.21 bits per heavy atom. The number of carbonyl (C=O) groups excluding carboxylic acids is 2. The van der Waals surface area contributed by atoms with Crippen molar-refractivity contribution in [3.63, 3.8) is 0 Å². The smallest absolute Gasteiger partial charge is 0.266 e. The zero-order valence-electron chi connectivity index (χ0n) is 15.3. The number of amides is 2. The minimum atomic E-state index is -6.24. The van der Waals surface area contributed by atoms with Crippen LogP contribution in [0.25, 0.3) is 0 Å². The molecule has 1 heterocycles. The number of carbonyl (C=O) groups is 2. The van der Waals surface area contributed by atoms with Gasteiger partial charge in [0.15, 0.2) is 0 Å². The first-order chi connectivity index (χ1) is 14.9. The molecule has 33 heavy (non-hydrogen) atoms. The number of fused-ring (bicyclic) bond motifs is 1. The van der Waals surface area contributed by atoms with Gasteiger partial charge in [-0.25, -0.2) is 0 Å². The highest BCUT2D eigenvalue weighted by atomic mass is 32.2. The van der Waals surface area contributed by atoms with Crippen LogP contribution in [0.3, 0.4) is 0 Å². The average Bonchev–Trinajstić information content (AvgIpc) is 2.90. The van der Waals surface area contributed by atoms with Crippen LogP contribution in [0.4, 0.5) is 39.5 Å². The van der Waals surface area contributed by atoms with Gasteiger partial charge in [-0.3, -0.25) is 9.59 Å². The quantitative estimate of drug-likeness (QED) is 0.446. The van der Waals surface area contributed by atoms with Crippen molar-refractivity contribution in [3.05, 3.63) is 64.2 Å². The van der Waals surface area contributed by atoms with Crippen molar-refractivity contribution in [1.82, 2.24) is 5.06 Å². The highest BCUT2D eigenvalue weighted by molar-refractivity contribution is 7.86. The van der Waals surface area contributed by atoms with E-state index in [1.165, 1.54) is 12.1 Å². The second-order valence-corrected chi connectivity index (χ2v) is 7.87. The summed E-state index contributed by atoms with van der Waals surface area (Å²) in [5.74, 6) is -3.04. The van der Waals surface area contributed by atoms with E-state index < -0.39 is 90.4 Å². The van der Waals surface area contributed by atoms with Crippen molar-refractivity contribution >= 4 is 21.9 Å². The van der Waals surface area contributed by atoms with Crippen LogP contribution in [0.15, 0.2) is 41.3 Å². The Morgan fingerprint density at radius 3 is 1.61 bits per heavy atom. The lowest BCUT2D eigenvalue weighted by molar-refractivity contribution is -0.165. The third-order valence-electron chi connectivity index (χ3n) is 4.22. The molecule has 0 unspecified atom stereocenters. The second kappa shape index (κ2) is 7.44. The van der Waals surface area contributed by atoms with E-state index in [0.29, 0.717) is 0 Å². The fourth-order valence-electron chi connectivity index (χ4n) is 2.87. The molecular formula is C17H6F9NO5S. The number of nitrogens with zero attached hydrogens (tertiary/aromatic N) is 1. The van der Waals surface area contributed by atoms with Crippen molar-refractivity contribution in [2.75, 3.05) is 0 Å². The van der Waals surface area contributed by atoms with Crippen molar-refractivity contribution in [2.24, 2.45) is 0 Å². The molecule has 0 atom stereocenters. The minimum absolute atomic E-state index is 0.464. The molecule has 0 saturated heterocycles. The number of hydrogen-bond donors (Lipinski definition) is 0. The van der Waals surface area contributed by atoms with Gasteiger partial charge in [0, 0.05) is 0 Å². The molecule has 2 aromatic rings. The summed E-state index contributed by atoms with van der Waals surface area (Å²) < 4.78 is 148. The van der Waals surface area contributed by atoms with E-state index in [4.69, 9.17) is 0 Å². The monoisotopic (exact) mass is 507 g/mol. The lowest BCUT2D eigenvalue weighted by Gasteiger charge is -2.22. The van der Waals surface area contributed by atoms with Crippen LogP contribution in [0.1, 0.15) is 37.4 Å². The lowest BCUT2D eigenvalue weighted by Crippen LogP contribution is -2.34. The molecule has 0 N–H and O–H groups in total. The Morgan fingerprint density at radius 1 is 0.727 bits per heavy atom. The normalized spacial score (nSPS) is 15.2. The first-order valence-corrected chi connectivity index (χ1v) is 9.58. The van der Waals surface area contributed by atoms with E-state index in [-0.39, 0.29) is 0 Å². The molecule has 16 heteroatoms. The van der Waals surface area contributed by atoms with Gasteiger partial charge in [0.1, 0.15) is 4.90 Å². The van der Waals surface area contributed by atoms with Crippen LogP contribution in [-0.2, 0) is 32.9 Å². The third kappa shape index (κ3) is 4.39. The molecular weight excluding hydrogens is 501 g/mol. The molecule has 0 saturated carbocycles. The van der Waals surface area contributed by atoms with Gasteiger partial charge in [-0.15, -0.1) is 9.35 Å². The summed E-state index contributed by atoms with van der Waals surface area (Å²) in [5, 5.41) is -0.576. The molecule has 0 bridgehead atoms. The Bertz CT molecular complexity index is 1230. The van der Waals surface area contributed by atoms with E-state index >= 15 is 0 Å². The molecule has 0 fully saturated rings. The number of halogens is 9. The molecule has 2 aromatic carbocycles. The summed E-state index contributed by atoms with van der Waals surface area (Å²) in [7, 11) is -6.24. The second-order valence-electron chi connectivity index (χ2n) is 6.37. The number of rotatable bonds is 3. The summed E-state index contributed by atoms with van der Waals surface area (Å²) in [6.07, 6.45) is -17.9. The Balaban J connectivity index is 2.24. The Kier molecular flexibility index (Phi) is 5.53. The summed E-state index contributed by atoms with van der Waals surface area (Å²) in [6, 6.07) is 2.78. The van der Waals surface area contributed by atoms with Gasteiger partial charge in [0.25, 0.3) is 11.8 Å². The molecule has 0 aliphatic carbocycles. The molecule has 6 nitrogen and oxygen atoms in total. The molecule has 178 valence electrons. The average molecular weight is 507 g/mol. The van der Waals surface area contributed by atoms with E-state index in [1.807, 2.05) is 0 Å². The predicted molar refractivity (Wildman–Crippen MR) is 86.7 cm³/mol. The molecule has 1 aliphatic heterocycles. The Hall–Kier alpha value is -3.14. The van der Waals surface area contributed by atoms with Crippen LogP contribution < -0.4 is 0 Å². The zero-order chi connectivity index (χ0) is 25.1. The Labute approximate surface area is 177 Å². The maximum Gasteiger partial charge on any atom is 0.418 e. The molecule has 2 amide bonds. The van der Waals surface area contributed by atoms with Gasteiger partial charge in [-0.1, -0.05) is 12.1 Å². The number of alkyl halides is 9. The van der Waals surface area contributed by atoms with Crippen LogP contribution in [0.2, 0.25) is 0 Å². The van der Waals surface area contributed by atoms with E-state index in [1.54, 1.807) is 0 Å². The van der Waals surface area contributed by atoms with Gasteiger partial charge < -0.3 is 0 Å². The molecule has 0 spiro atoms. The van der Waals surface area contributed by atoms with Gasteiger partial charge in [-0.2, -0.15) is 47.9 Å². The van der Waals surface area contributed by atoms with Gasteiger partial charge in [0.05, 0.1) is 27.8 Å². The largest absolute Gasteiger partial charge is 0.418 e. The molecule has 3 rings (SSSR count). The highest BCUT2D eigenvalue weighted by Gasteiger charge is 2.51. The number of benzene rings is 2. The van der Waals surface area contributed by atoms with Crippen LogP contribution >= 0.6 is 0 Å². The SMILES string of the molecule is O=C1c2ccccc2C(=O)N1OS(=O)(=O)c1cc(C(F)(F)F)cc(C(F)(F)F)c1C(F)(F)F. The molecule has 0 aromatic heterocycles. The highest BCUT2D eigenvalue weighted by Crippen LogP contribution is 2.46. The van der Waals surface area contributed by atoms with Gasteiger partial charge >= 0.3 is 28.6 Å². The number of imide groups is 1. The van der Waals surface area contributed by atoms with Crippen LogP contribution in [-0.4, -0.2) is 25.3 Å². The fraction of sp³-hybridized carbons (Fsp3) is 0.176. The van der Waals surface area contributed by atoms with E-state index in [0.717, 1.165) is 12.1 Å². The van der Waals surface area contributed by atoms with Gasteiger partial charge in [-0.05, 0) is 24.3 Å². The van der Waals surface area contributed by atoms with E-state index in [9.17, 15) is 57.5 Å². The fourth-order valence-corrected chi connectivity index (χ4v) is 4.02.